The molecule has 0 saturated heterocycles. The topological polar surface area (TPSA) is 33.4 Å². The molecule has 2 aliphatic rings. The van der Waals surface area contributed by atoms with Gasteiger partial charge in [0, 0.05) is 11.8 Å². The zero-order valence-electron chi connectivity index (χ0n) is 18.1. The number of nitrogens with zero attached hydrogens (tertiary/aromatic N) is 4. The highest BCUT2D eigenvalue weighted by Gasteiger charge is 2.38. The third-order valence-corrected chi connectivity index (χ3v) is 6.71. The van der Waals surface area contributed by atoms with Crippen molar-refractivity contribution >= 4 is 45.6 Å². The molecule has 0 bridgehead atoms. The van der Waals surface area contributed by atoms with E-state index in [-0.39, 0.29) is 6.04 Å². The number of aliphatic imine (C=N–C) groups is 1. The number of allylic oxidation sites excluding steroid dienone is 2. The Hall–Kier alpha value is -3.34. The van der Waals surface area contributed by atoms with Crippen LogP contribution in [0.25, 0.3) is 16.5 Å². The highest BCUT2D eigenvalue weighted by Crippen LogP contribution is 2.46. The van der Waals surface area contributed by atoms with Crippen molar-refractivity contribution in [3.63, 3.8) is 0 Å². The second kappa shape index (κ2) is 7.62. The fourth-order valence-corrected chi connectivity index (χ4v) is 5.23. The van der Waals surface area contributed by atoms with E-state index < -0.39 is 0 Å². The molecular formula is C27H20Cl2N4. The first-order valence-electron chi connectivity index (χ1n) is 10.8. The lowest BCUT2D eigenvalue weighted by Crippen LogP contribution is -2.36. The van der Waals surface area contributed by atoms with Gasteiger partial charge in [0.05, 0.1) is 27.5 Å². The number of hydrogen-bond acceptors (Lipinski definition) is 3. The highest BCUT2D eigenvalue weighted by molar-refractivity contribution is 6.45. The van der Waals surface area contributed by atoms with E-state index in [1.54, 1.807) is 6.08 Å². The van der Waals surface area contributed by atoms with Crippen LogP contribution in [-0.2, 0) is 0 Å². The monoisotopic (exact) mass is 470 g/mol. The van der Waals surface area contributed by atoms with Gasteiger partial charge in [-0.3, -0.25) is 0 Å². The molecule has 0 aliphatic carbocycles. The summed E-state index contributed by atoms with van der Waals surface area (Å²) in [5.74, 6) is 1.46. The molecule has 1 atom stereocenters. The lowest BCUT2D eigenvalue weighted by atomic mass is 9.91. The second-order valence-corrected chi connectivity index (χ2v) is 9.23. The van der Waals surface area contributed by atoms with Crippen molar-refractivity contribution in [2.45, 2.75) is 19.9 Å². The summed E-state index contributed by atoms with van der Waals surface area (Å²) in [5.41, 5.74) is 5.27. The molecule has 0 N–H and O–H groups in total. The molecular weight excluding hydrogens is 451 g/mol. The number of halogens is 2. The maximum Gasteiger partial charge on any atom is 0.164 e. The molecule has 0 unspecified atom stereocenters. The van der Waals surface area contributed by atoms with Gasteiger partial charge >= 0.3 is 0 Å². The van der Waals surface area contributed by atoms with Crippen LogP contribution < -0.4 is 0 Å². The van der Waals surface area contributed by atoms with E-state index in [1.165, 1.54) is 16.3 Å². The molecule has 3 heterocycles. The molecule has 3 aromatic carbocycles. The van der Waals surface area contributed by atoms with Crippen molar-refractivity contribution in [2.75, 3.05) is 0 Å². The Balaban J connectivity index is 1.66. The normalized spacial score (nSPS) is 17.3. The predicted octanol–water partition coefficient (Wildman–Crippen LogP) is 7.29. The Bertz CT molecular complexity index is 1500. The highest BCUT2D eigenvalue weighted by atomic mass is 35.5. The van der Waals surface area contributed by atoms with E-state index in [0.717, 1.165) is 28.3 Å². The summed E-state index contributed by atoms with van der Waals surface area (Å²) in [6.45, 7) is 4.11. The molecule has 0 fully saturated rings. The fourth-order valence-electron chi connectivity index (χ4n) is 4.70. The van der Waals surface area contributed by atoms with Crippen LogP contribution >= 0.6 is 23.2 Å². The van der Waals surface area contributed by atoms with E-state index in [4.69, 9.17) is 33.3 Å². The van der Waals surface area contributed by atoms with Gasteiger partial charge in [-0.25, -0.2) is 9.67 Å². The maximum absolute atomic E-state index is 6.68. The SMILES string of the molecule is Cc1ccc(-n2nc(C)c3c2N=C2C(Cl)=CC(Cl)=CN2[C@H]3c2cccc3ccccc23)cc1. The largest absolute Gasteiger partial charge is 0.318 e. The molecule has 0 amide bonds. The van der Waals surface area contributed by atoms with Gasteiger partial charge < -0.3 is 4.90 Å². The maximum atomic E-state index is 6.68. The van der Waals surface area contributed by atoms with Gasteiger partial charge in [-0.2, -0.15) is 5.10 Å². The Morgan fingerprint density at radius 2 is 1.64 bits per heavy atom. The average Bonchev–Trinajstić information content (AvgIpc) is 3.14. The molecule has 1 aromatic heterocycles. The molecule has 6 heteroatoms. The summed E-state index contributed by atoms with van der Waals surface area (Å²) in [5, 5.41) is 8.34. The summed E-state index contributed by atoms with van der Waals surface area (Å²) < 4.78 is 1.91. The lowest BCUT2D eigenvalue weighted by Gasteiger charge is -2.37. The van der Waals surface area contributed by atoms with Crippen LogP contribution in [0, 0.1) is 13.8 Å². The van der Waals surface area contributed by atoms with Gasteiger partial charge in [0.25, 0.3) is 0 Å². The van der Waals surface area contributed by atoms with Crippen LogP contribution in [0.2, 0.25) is 0 Å². The molecule has 4 aromatic rings. The number of fused-ring (bicyclic) bond motifs is 3. The van der Waals surface area contributed by atoms with Gasteiger partial charge in [0.1, 0.15) is 0 Å². The first-order chi connectivity index (χ1) is 16.0. The lowest BCUT2D eigenvalue weighted by molar-refractivity contribution is 0.463. The number of aryl methyl sites for hydroxylation is 2. The van der Waals surface area contributed by atoms with Crippen molar-refractivity contribution in [2.24, 2.45) is 4.99 Å². The minimum atomic E-state index is -0.172. The Morgan fingerprint density at radius 1 is 0.879 bits per heavy atom. The molecule has 0 saturated carbocycles. The number of amidine groups is 1. The molecule has 4 nitrogen and oxygen atoms in total. The second-order valence-electron chi connectivity index (χ2n) is 8.39. The van der Waals surface area contributed by atoms with E-state index in [2.05, 4.69) is 78.6 Å². The van der Waals surface area contributed by atoms with Crippen LogP contribution in [0.3, 0.4) is 0 Å². The smallest absolute Gasteiger partial charge is 0.164 e. The van der Waals surface area contributed by atoms with Crippen LogP contribution in [0.1, 0.15) is 28.4 Å². The summed E-state index contributed by atoms with van der Waals surface area (Å²) in [6.07, 6.45) is 3.65. The minimum Gasteiger partial charge on any atom is -0.318 e. The van der Waals surface area contributed by atoms with E-state index in [9.17, 15) is 0 Å². The standard InChI is InChI=1S/C27H20Cl2N4/c1-16-10-12-20(13-11-16)33-27-24(17(2)31-33)25(32-15-19(28)14-23(29)26(32)30-27)22-9-5-7-18-6-3-4-8-21(18)22/h3-15,25H,1-2H3/t25-/m0/s1. The number of hydrogen-bond donors (Lipinski definition) is 0. The van der Waals surface area contributed by atoms with Crippen LogP contribution in [0.4, 0.5) is 5.82 Å². The molecule has 6 rings (SSSR count). The van der Waals surface area contributed by atoms with Crippen molar-refractivity contribution in [3.8, 4) is 5.69 Å². The number of aromatic nitrogens is 2. The zero-order valence-corrected chi connectivity index (χ0v) is 19.6. The molecule has 33 heavy (non-hydrogen) atoms. The van der Waals surface area contributed by atoms with Gasteiger partial charge in [0.2, 0.25) is 0 Å². The Morgan fingerprint density at radius 3 is 2.45 bits per heavy atom. The van der Waals surface area contributed by atoms with E-state index in [0.29, 0.717) is 15.9 Å². The predicted molar refractivity (Wildman–Crippen MR) is 136 cm³/mol. The number of benzene rings is 3. The Labute approximate surface area is 202 Å². The molecule has 0 radical (unpaired) electrons. The van der Waals surface area contributed by atoms with Crippen molar-refractivity contribution in [1.29, 1.82) is 0 Å². The first kappa shape index (κ1) is 20.3. The Kier molecular flexibility index (Phi) is 4.68. The van der Waals surface area contributed by atoms with Gasteiger partial charge in [-0.1, -0.05) is 83.4 Å². The quantitative estimate of drug-likeness (QED) is 0.308. The van der Waals surface area contributed by atoms with Crippen molar-refractivity contribution in [1.82, 2.24) is 14.7 Å². The molecule has 2 aliphatic heterocycles. The summed E-state index contributed by atoms with van der Waals surface area (Å²) in [4.78, 5) is 7.07. The third kappa shape index (κ3) is 3.21. The fraction of sp³-hybridized carbons (Fsp3) is 0.111. The average molecular weight is 471 g/mol. The summed E-state index contributed by atoms with van der Waals surface area (Å²) >= 11 is 13.2. The van der Waals surface area contributed by atoms with Crippen LogP contribution in [-0.4, -0.2) is 20.5 Å². The summed E-state index contributed by atoms with van der Waals surface area (Å²) in [7, 11) is 0. The van der Waals surface area contributed by atoms with Gasteiger partial charge in [0.15, 0.2) is 11.7 Å². The van der Waals surface area contributed by atoms with Crippen molar-refractivity contribution < 1.29 is 0 Å². The minimum absolute atomic E-state index is 0.172. The molecule has 162 valence electrons. The summed E-state index contributed by atoms with van der Waals surface area (Å²) in [6, 6.07) is 22.9. The van der Waals surface area contributed by atoms with Gasteiger partial charge in [-0.05, 0) is 48.4 Å². The van der Waals surface area contributed by atoms with Crippen molar-refractivity contribution in [3.05, 3.63) is 111 Å². The van der Waals surface area contributed by atoms with E-state index in [1.807, 2.05) is 17.8 Å². The van der Waals surface area contributed by atoms with Crippen LogP contribution in [0.5, 0.6) is 0 Å². The van der Waals surface area contributed by atoms with E-state index >= 15 is 0 Å². The zero-order chi connectivity index (χ0) is 22.7. The number of rotatable bonds is 2. The van der Waals surface area contributed by atoms with Crippen LogP contribution in [0.15, 0.2) is 94.1 Å². The molecule has 0 spiro atoms. The first-order valence-corrected chi connectivity index (χ1v) is 11.5. The third-order valence-electron chi connectivity index (χ3n) is 6.23. The van der Waals surface area contributed by atoms with Gasteiger partial charge in [-0.15, -0.1) is 0 Å².